The summed E-state index contributed by atoms with van der Waals surface area (Å²) in [6.07, 6.45) is 1.24. The molecule has 6 nitrogen and oxygen atoms in total. The first-order chi connectivity index (χ1) is 13.5. The van der Waals surface area contributed by atoms with Crippen molar-refractivity contribution in [1.29, 1.82) is 0 Å². The van der Waals surface area contributed by atoms with Crippen molar-refractivity contribution >= 4 is 17.7 Å². The molecule has 0 spiro atoms. The predicted octanol–water partition coefficient (Wildman–Crippen LogP) is 3.16. The van der Waals surface area contributed by atoms with Gasteiger partial charge in [0.15, 0.2) is 0 Å². The lowest BCUT2D eigenvalue weighted by Gasteiger charge is -2.13. The number of nitrogens with zero attached hydrogens (tertiary/aromatic N) is 1. The molecule has 2 aromatic carbocycles. The summed E-state index contributed by atoms with van der Waals surface area (Å²) in [6.45, 7) is 0.664. The average Bonchev–Trinajstić information content (AvgIpc) is 3.01. The number of hydrogen-bond donors (Lipinski definition) is 1. The second-order valence-electron chi connectivity index (χ2n) is 6.52. The molecule has 1 aliphatic rings. The van der Waals surface area contributed by atoms with Crippen molar-refractivity contribution in [2.45, 2.75) is 32.2 Å². The molecule has 1 N–H and O–H groups in total. The monoisotopic (exact) mass is 384 g/mol. The zero-order valence-corrected chi connectivity index (χ0v) is 15.3. The van der Waals surface area contributed by atoms with Crippen LogP contribution in [-0.4, -0.2) is 29.2 Å². The summed E-state index contributed by atoms with van der Waals surface area (Å²) in [4.78, 5) is 36.2. The van der Waals surface area contributed by atoms with Gasteiger partial charge in [0.1, 0.15) is 17.3 Å². The highest BCUT2D eigenvalue weighted by atomic mass is 19.1. The van der Waals surface area contributed by atoms with E-state index in [0.29, 0.717) is 31.0 Å². The van der Waals surface area contributed by atoms with Crippen LogP contribution in [0.15, 0.2) is 48.5 Å². The van der Waals surface area contributed by atoms with Crippen LogP contribution in [-0.2, 0) is 20.9 Å². The number of hydrogen-bond acceptors (Lipinski definition) is 4. The number of carbonyl (C=O) groups excluding carboxylic acids is 3. The van der Waals surface area contributed by atoms with E-state index in [1.807, 2.05) is 12.1 Å². The first-order valence-corrected chi connectivity index (χ1v) is 9.13. The standard InChI is InChI=1S/C21H21FN2O4/c22-16-5-9-18(10-6-16)28-17-7-3-15(4-8-17)14-23-19(25)2-1-13-24-20(26)11-12-21(24)27/h3-10H,1-2,11-14H2,(H,23,25). The van der Waals surface area contributed by atoms with Gasteiger partial charge in [0.2, 0.25) is 17.7 Å². The summed E-state index contributed by atoms with van der Waals surface area (Å²) in [5, 5.41) is 2.81. The maximum atomic E-state index is 12.9. The van der Waals surface area contributed by atoms with Gasteiger partial charge >= 0.3 is 0 Å². The number of carbonyl (C=O) groups is 3. The molecule has 3 rings (SSSR count). The van der Waals surface area contributed by atoms with Gasteiger partial charge in [-0.05, 0) is 48.4 Å². The largest absolute Gasteiger partial charge is 0.457 e. The normalized spacial score (nSPS) is 13.7. The molecule has 0 bridgehead atoms. The Balaban J connectivity index is 1.39. The van der Waals surface area contributed by atoms with Crippen molar-refractivity contribution in [1.82, 2.24) is 10.2 Å². The lowest BCUT2D eigenvalue weighted by molar-refractivity contribution is -0.138. The van der Waals surface area contributed by atoms with Crippen LogP contribution in [0.3, 0.4) is 0 Å². The third-order valence-electron chi connectivity index (χ3n) is 4.40. The lowest BCUT2D eigenvalue weighted by Crippen LogP contribution is -2.31. The Labute approximate surface area is 162 Å². The van der Waals surface area contributed by atoms with Crippen molar-refractivity contribution in [3.8, 4) is 11.5 Å². The molecule has 3 amide bonds. The Morgan fingerprint density at radius 3 is 2.14 bits per heavy atom. The zero-order valence-electron chi connectivity index (χ0n) is 15.3. The Kier molecular flexibility index (Phi) is 6.37. The van der Waals surface area contributed by atoms with Crippen molar-refractivity contribution in [2.24, 2.45) is 0 Å². The maximum absolute atomic E-state index is 12.9. The first kappa shape index (κ1) is 19.5. The van der Waals surface area contributed by atoms with E-state index in [1.54, 1.807) is 24.3 Å². The fourth-order valence-corrected chi connectivity index (χ4v) is 2.87. The van der Waals surface area contributed by atoms with Crippen LogP contribution in [0, 0.1) is 5.82 Å². The van der Waals surface area contributed by atoms with E-state index in [2.05, 4.69) is 5.32 Å². The summed E-state index contributed by atoms with van der Waals surface area (Å²) in [5.41, 5.74) is 0.907. The van der Waals surface area contributed by atoms with Crippen LogP contribution in [0.4, 0.5) is 4.39 Å². The minimum Gasteiger partial charge on any atom is -0.457 e. The van der Waals surface area contributed by atoms with Crippen molar-refractivity contribution in [3.63, 3.8) is 0 Å². The maximum Gasteiger partial charge on any atom is 0.229 e. The molecule has 0 saturated carbocycles. The number of imide groups is 1. The molecule has 2 aromatic rings. The Hall–Kier alpha value is -3.22. The van der Waals surface area contributed by atoms with Crippen LogP contribution in [0.5, 0.6) is 11.5 Å². The quantitative estimate of drug-likeness (QED) is 0.710. The van der Waals surface area contributed by atoms with Gasteiger partial charge in [0, 0.05) is 32.4 Å². The van der Waals surface area contributed by atoms with E-state index in [1.165, 1.54) is 17.0 Å². The van der Waals surface area contributed by atoms with Crippen LogP contribution in [0.25, 0.3) is 0 Å². The zero-order chi connectivity index (χ0) is 19.9. The number of amides is 3. The first-order valence-electron chi connectivity index (χ1n) is 9.13. The topological polar surface area (TPSA) is 75.7 Å². The summed E-state index contributed by atoms with van der Waals surface area (Å²) >= 11 is 0. The molecule has 0 aromatic heterocycles. The average molecular weight is 384 g/mol. The molecule has 1 fully saturated rings. The molecule has 7 heteroatoms. The van der Waals surface area contributed by atoms with Gasteiger partial charge in [0.25, 0.3) is 0 Å². The number of rotatable bonds is 8. The molecule has 0 unspecified atom stereocenters. The second kappa shape index (κ2) is 9.12. The van der Waals surface area contributed by atoms with Gasteiger partial charge in [0.05, 0.1) is 0 Å². The summed E-state index contributed by atoms with van der Waals surface area (Å²) in [5.74, 6) is 0.378. The fraction of sp³-hybridized carbons (Fsp3) is 0.286. The third kappa shape index (κ3) is 5.39. The van der Waals surface area contributed by atoms with E-state index in [0.717, 1.165) is 5.56 Å². The highest BCUT2D eigenvalue weighted by Crippen LogP contribution is 2.21. The molecular formula is C21H21FN2O4. The Morgan fingerprint density at radius 2 is 1.54 bits per heavy atom. The second-order valence-corrected chi connectivity index (χ2v) is 6.52. The van der Waals surface area contributed by atoms with E-state index in [9.17, 15) is 18.8 Å². The molecule has 1 saturated heterocycles. The molecule has 1 heterocycles. The minimum atomic E-state index is -0.322. The van der Waals surface area contributed by atoms with Crippen LogP contribution >= 0.6 is 0 Å². The van der Waals surface area contributed by atoms with Crippen LogP contribution in [0.2, 0.25) is 0 Å². The summed E-state index contributed by atoms with van der Waals surface area (Å²) in [6, 6.07) is 13.0. The van der Waals surface area contributed by atoms with Crippen molar-refractivity contribution in [2.75, 3.05) is 6.54 Å². The SMILES string of the molecule is O=C(CCCN1C(=O)CCC1=O)NCc1ccc(Oc2ccc(F)cc2)cc1. The number of halogens is 1. The highest BCUT2D eigenvalue weighted by molar-refractivity contribution is 6.01. The molecule has 0 radical (unpaired) electrons. The van der Waals surface area contributed by atoms with Gasteiger partial charge in [-0.25, -0.2) is 4.39 Å². The number of nitrogens with one attached hydrogen (secondary N) is 1. The summed E-state index contributed by atoms with van der Waals surface area (Å²) in [7, 11) is 0. The lowest BCUT2D eigenvalue weighted by atomic mass is 10.2. The van der Waals surface area contributed by atoms with Crippen molar-refractivity contribution < 1.29 is 23.5 Å². The van der Waals surface area contributed by atoms with Gasteiger partial charge in [-0.2, -0.15) is 0 Å². The number of likely N-dealkylation sites (tertiary alicyclic amines) is 1. The highest BCUT2D eigenvalue weighted by Gasteiger charge is 2.28. The van der Waals surface area contributed by atoms with Crippen molar-refractivity contribution in [3.05, 3.63) is 59.9 Å². The third-order valence-corrected chi connectivity index (χ3v) is 4.40. The fourth-order valence-electron chi connectivity index (χ4n) is 2.87. The van der Waals surface area contributed by atoms with E-state index < -0.39 is 0 Å². The molecular weight excluding hydrogens is 363 g/mol. The van der Waals surface area contributed by atoms with E-state index in [-0.39, 0.29) is 42.8 Å². The Morgan fingerprint density at radius 1 is 0.964 bits per heavy atom. The van der Waals surface area contributed by atoms with Gasteiger partial charge < -0.3 is 10.1 Å². The molecule has 1 aliphatic heterocycles. The summed E-state index contributed by atoms with van der Waals surface area (Å²) < 4.78 is 18.5. The minimum absolute atomic E-state index is 0.134. The van der Waals surface area contributed by atoms with Gasteiger partial charge in [-0.1, -0.05) is 12.1 Å². The number of ether oxygens (including phenoxy) is 1. The van der Waals surface area contributed by atoms with Crippen LogP contribution < -0.4 is 10.1 Å². The molecule has 146 valence electrons. The van der Waals surface area contributed by atoms with Crippen LogP contribution in [0.1, 0.15) is 31.2 Å². The number of benzene rings is 2. The van der Waals surface area contributed by atoms with E-state index >= 15 is 0 Å². The van der Waals surface area contributed by atoms with Gasteiger partial charge in [-0.3, -0.25) is 19.3 Å². The Bertz CT molecular complexity index is 834. The molecule has 28 heavy (non-hydrogen) atoms. The molecule has 0 aliphatic carbocycles. The molecule has 0 atom stereocenters. The van der Waals surface area contributed by atoms with E-state index in [4.69, 9.17) is 4.74 Å². The smallest absolute Gasteiger partial charge is 0.229 e. The van der Waals surface area contributed by atoms with Gasteiger partial charge in [-0.15, -0.1) is 0 Å². The predicted molar refractivity (Wildman–Crippen MR) is 100.0 cm³/mol.